The third kappa shape index (κ3) is 4.69. The molecule has 1 aromatic rings. The van der Waals surface area contributed by atoms with Gasteiger partial charge in [-0.1, -0.05) is 30.3 Å². The van der Waals surface area contributed by atoms with E-state index in [0.29, 0.717) is 13.1 Å². The summed E-state index contributed by atoms with van der Waals surface area (Å²) in [5.74, 6) is -0.0480. The summed E-state index contributed by atoms with van der Waals surface area (Å²) in [6, 6.07) is 7.37. The number of hydrogen-bond donors (Lipinski definition) is 3. The predicted octanol–water partition coefficient (Wildman–Crippen LogP) is 0.959. The van der Waals surface area contributed by atoms with Gasteiger partial charge in [-0.2, -0.15) is 0 Å². The van der Waals surface area contributed by atoms with E-state index < -0.39 is 0 Å². The van der Waals surface area contributed by atoms with E-state index in [2.05, 4.69) is 17.2 Å². The zero-order valence-corrected chi connectivity index (χ0v) is 10.6. The summed E-state index contributed by atoms with van der Waals surface area (Å²) in [7, 11) is 0. The van der Waals surface area contributed by atoms with Crippen molar-refractivity contribution in [2.75, 3.05) is 6.54 Å². The lowest BCUT2D eigenvalue weighted by molar-refractivity contribution is -0.122. The van der Waals surface area contributed by atoms with Crippen molar-refractivity contribution in [2.45, 2.75) is 26.1 Å². The van der Waals surface area contributed by atoms with E-state index in [1.807, 2.05) is 31.2 Å². The Labute approximate surface area is 108 Å². The highest BCUT2D eigenvalue weighted by Gasteiger charge is 2.10. The number of nitrogens with one attached hydrogen (secondary N) is 2. The molecule has 0 spiro atoms. The largest absolute Gasteiger partial charge is 0.392 e. The van der Waals surface area contributed by atoms with Crippen LogP contribution in [0.15, 0.2) is 36.9 Å². The average Bonchev–Trinajstić information content (AvgIpc) is 2.42. The third-order valence-corrected chi connectivity index (χ3v) is 2.60. The molecule has 1 aromatic carbocycles. The van der Waals surface area contributed by atoms with Crippen LogP contribution in [0.25, 0.3) is 0 Å². The molecule has 0 saturated heterocycles. The number of benzene rings is 1. The molecule has 0 aliphatic rings. The minimum atomic E-state index is -0.261. The van der Waals surface area contributed by atoms with Crippen molar-refractivity contribution in [3.8, 4) is 0 Å². The minimum absolute atomic E-state index is 0.0310. The van der Waals surface area contributed by atoms with E-state index in [0.717, 1.165) is 11.1 Å². The Morgan fingerprint density at radius 3 is 2.89 bits per heavy atom. The Kier molecular flexibility index (Phi) is 6.11. The first-order valence-electron chi connectivity index (χ1n) is 5.98. The second-order valence-electron chi connectivity index (χ2n) is 4.11. The molecular formula is C14H20N2O2. The molecule has 1 atom stereocenters. The van der Waals surface area contributed by atoms with Gasteiger partial charge in [-0.05, 0) is 18.1 Å². The van der Waals surface area contributed by atoms with Gasteiger partial charge in [0.15, 0.2) is 0 Å². The Balaban J connectivity index is 2.43. The van der Waals surface area contributed by atoms with Gasteiger partial charge in [-0.25, -0.2) is 0 Å². The summed E-state index contributed by atoms with van der Waals surface area (Å²) in [5, 5.41) is 14.9. The lowest BCUT2D eigenvalue weighted by atomic mass is 10.1. The van der Waals surface area contributed by atoms with Gasteiger partial charge in [0.1, 0.15) is 0 Å². The highest BCUT2D eigenvalue weighted by Crippen LogP contribution is 2.05. The maximum Gasteiger partial charge on any atom is 0.237 e. The first-order valence-corrected chi connectivity index (χ1v) is 5.98. The molecule has 0 fully saturated rings. The topological polar surface area (TPSA) is 61.4 Å². The number of aliphatic hydroxyl groups excluding tert-OH is 1. The fraction of sp³-hybridized carbons (Fsp3) is 0.357. The van der Waals surface area contributed by atoms with Crippen LogP contribution in [0.1, 0.15) is 18.1 Å². The van der Waals surface area contributed by atoms with Crippen LogP contribution in [0.3, 0.4) is 0 Å². The van der Waals surface area contributed by atoms with E-state index in [4.69, 9.17) is 5.11 Å². The number of carbonyl (C=O) groups is 1. The number of aliphatic hydroxyl groups is 1. The number of carbonyl (C=O) groups excluding carboxylic acids is 1. The Hall–Kier alpha value is -1.65. The van der Waals surface area contributed by atoms with Gasteiger partial charge in [-0.3, -0.25) is 4.79 Å². The summed E-state index contributed by atoms with van der Waals surface area (Å²) in [6.45, 7) is 6.46. The highest BCUT2D eigenvalue weighted by atomic mass is 16.3. The van der Waals surface area contributed by atoms with E-state index in [1.54, 1.807) is 6.08 Å². The summed E-state index contributed by atoms with van der Waals surface area (Å²) in [6.07, 6.45) is 1.65. The van der Waals surface area contributed by atoms with Gasteiger partial charge in [0.25, 0.3) is 0 Å². The molecule has 1 rings (SSSR count). The van der Waals surface area contributed by atoms with Crippen molar-refractivity contribution in [1.29, 1.82) is 0 Å². The summed E-state index contributed by atoms with van der Waals surface area (Å²) in [4.78, 5) is 11.6. The molecule has 0 radical (unpaired) electrons. The van der Waals surface area contributed by atoms with Crippen LogP contribution in [0, 0.1) is 0 Å². The van der Waals surface area contributed by atoms with Gasteiger partial charge < -0.3 is 15.7 Å². The average molecular weight is 248 g/mol. The Morgan fingerprint density at radius 2 is 2.22 bits per heavy atom. The SMILES string of the molecule is C=CCNC(=O)C(C)NCc1cccc(CO)c1. The van der Waals surface area contributed by atoms with Gasteiger partial charge in [-0.15, -0.1) is 6.58 Å². The van der Waals surface area contributed by atoms with Crippen molar-refractivity contribution in [1.82, 2.24) is 10.6 Å². The lowest BCUT2D eigenvalue weighted by Gasteiger charge is -2.13. The molecule has 4 heteroatoms. The maximum atomic E-state index is 11.6. The fourth-order valence-electron chi connectivity index (χ4n) is 1.53. The molecule has 98 valence electrons. The van der Waals surface area contributed by atoms with Crippen molar-refractivity contribution >= 4 is 5.91 Å². The van der Waals surface area contributed by atoms with E-state index in [-0.39, 0.29) is 18.6 Å². The van der Waals surface area contributed by atoms with E-state index in [9.17, 15) is 4.79 Å². The van der Waals surface area contributed by atoms with E-state index >= 15 is 0 Å². The molecule has 0 aromatic heterocycles. The van der Waals surface area contributed by atoms with Crippen LogP contribution in [-0.4, -0.2) is 23.6 Å². The second-order valence-corrected chi connectivity index (χ2v) is 4.11. The van der Waals surface area contributed by atoms with Crippen LogP contribution in [-0.2, 0) is 17.9 Å². The molecule has 1 amide bonds. The van der Waals surface area contributed by atoms with Gasteiger partial charge in [0.2, 0.25) is 5.91 Å². The molecule has 3 N–H and O–H groups in total. The predicted molar refractivity (Wildman–Crippen MR) is 71.9 cm³/mol. The van der Waals surface area contributed by atoms with E-state index in [1.165, 1.54) is 0 Å². The maximum absolute atomic E-state index is 11.6. The molecule has 0 bridgehead atoms. The number of rotatable bonds is 7. The Morgan fingerprint density at radius 1 is 1.50 bits per heavy atom. The zero-order valence-electron chi connectivity index (χ0n) is 10.6. The first kappa shape index (κ1) is 14.4. The zero-order chi connectivity index (χ0) is 13.4. The summed E-state index contributed by atoms with van der Waals surface area (Å²) < 4.78 is 0. The van der Waals surface area contributed by atoms with Crippen molar-refractivity contribution < 1.29 is 9.90 Å². The van der Waals surface area contributed by atoms with Crippen LogP contribution in [0.2, 0.25) is 0 Å². The quantitative estimate of drug-likeness (QED) is 0.630. The molecule has 0 heterocycles. The van der Waals surface area contributed by atoms with Crippen LogP contribution < -0.4 is 10.6 Å². The molecule has 18 heavy (non-hydrogen) atoms. The molecule has 0 saturated carbocycles. The first-order chi connectivity index (χ1) is 8.67. The van der Waals surface area contributed by atoms with Crippen LogP contribution in [0.5, 0.6) is 0 Å². The molecule has 0 aliphatic carbocycles. The van der Waals surface area contributed by atoms with Gasteiger partial charge in [0, 0.05) is 13.1 Å². The van der Waals surface area contributed by atoms with Crippen molar-refractivity contribution in [3.05, 3.63) is 48.0 Å². The van der Waals surface area contributed by atoms with Crippen LogP contribution in [0.4, 0.5) is 0 Å². The second kappa shape index (κ2) is 7.63. The molecule has 0 aliphatic heterocycles. The van der Waals surface area contributed by atoms with Crippen LogP contribution >= 0.6 is 0 Å². The summed E-state index contributed by atoms with van der Waals surface area (Å²) in [5.41, 5.74) is 1.92. The number of amides is 1. The summed E-state index contributed by atoms with van der Waals surface area (Å²) >= 11 is 0. The Bertz CT molecular complexity index is 405. The smallest absolute Gasteiger partial charge is 0.237 e. The van der Waals surface area contributed by atoms with Gasteiger partial charge >= 0.3 is 0 Å². The van der Waals surface area contributed by atoms with Crippen molar-refractivity contribution in [2.24, 2.45) is 0 Å². The molecule has 4 nitrogen and oxygen atoms in total. The highest BCUT2D eigenvalue weighted by molar-refractivity contribution is 5.81. The number of hydrogen-bond acceptors (Lipinski definition) is 3. The third-order valence-electron chi connectivity index (χ3n) is 2.60. The monoisotopic (exact) mass is 248 g/mol. The van der Waals surface area contributed by atoms with Gasteiger partial charge in [0.05, 0.1) is 12.6 Å². The molecule has 1 unspecified atom stereocenters. The minimum Gasteiger partial charge on any atom is -0.392 e. The molecular weight excluding hydrogens is 228 g/mol. The lowest BCUT2D eigenvalue weighted by Crippen LogP contribution is -2.41. The standard InChI is InChI=1S/C14H20N2O2/c1-3-7-15-14(18)11(2)16-9-12-5-4-6-13(8-12)10-17/h3-6,8,11,16-17H,1,7,9-10H2,2H3,(H,15,18). The fourth-order valence-corrected chi connectivity index (χ4v) is 1.53. The normalized spacial score (nSPS) is 11.9. The van der Waals surface area contributed by atoms with Crippen molar-refractivity contribution in [3.63, 3.8) is 0 Å².